The number of carbonyl (C=O) groups is 1. The second-order valence-electron chi connectivity index (χ2n) is 4.29. The Morgan fingerprint density at radius 1 is 1.43 bits per heavy atom. The lowest BCUT2D eigenvalue weighted by molar-refractivity contribution is -0.138. The number of esters is 1. The van der Waals surface area contributed by atoms with E-state index in [2.05, 4.69) is 18.8 Å². The topological polar surface area (TPSA) is 38.7 Å². The van der Waals surface area contributed by atoms with Crippen LogP contribution in [0.3, 0.4) is 0 Å². The Hall–Kier alpha value is -0.860. The first-order valence-electron chi connectivity index (χ1n) is 5.33. The van der Waals surface area contributed by atoms with Gasteiger partial charge in [-0.1, -0.05) is 20.3 Å². The molecule has 0 fully saturated rings. The SMILES string of the molecule is CCCC(CC)C1=NC(C)(C)C(=O)O1. The summed E-state index contributed by atoms with van der Waals surface area (Å²) in [5.41, 5.74) is -0.670. The van der Waals surface area contributed by atoms with Crippen LogP contribution in [-0.4, -0.2) is 17.4 Å². The zero-order valence-corrected chi connectivity index (χ0v) is 9.46. The van der Waals surface area contributed by atoms with Gasteiger partial charge < -0.3 is 4.74 Å². The van der Waals surface area contributed by atoms with Gasteiger partial charge in [0.05, 0.1) is 0 Å². The Bertz CT molecular complexity index is 256. The zero-order chi connectivity index (χ0) is 10.8. The van der Waals surface area contributed by atoms with Crippen LogP contribution >= 0.6 is 0 Å². The minimum atomic E-state index is -0.670. The third kappa shape index (κ3) is 2.14. The molecule has 1 atom stereocenters. The molecule has 0 N–H and O–H groups in total. The summed E-state index contributed by atoms with van der Waals surface area (Å²) in [6.45, 7) is 7.81. The minimum Gasteiger partial charge on any atom is -0.410 e. The van der Waals surface area contributed by atoms with E-state index < -0.39 is 5.54 Å². The minimum absolute atomic E-state index is 0.220. The lowest BCUT2D eigenvalue weighted by Crippen LogP contribution is -2.25. The fourth-order valence-electron chi connectivity index (χ4n) is 1.59. The van der Waals surface area contributed by atoms with Gasteiger partial charge in [-0.25, -0.2) is 9.79 Å². The summed E-state index contributed by atoms with van der Waals surface area (Å²) < 4.78 is 5.19. The smallest absolute Gasteiger partial charge is 0.340 e. The van der Waals surface area contributed by atoms with Crippen LogP contribution in [0.15, 0.2) is 4.99 Å². The predicted octanol–water partition coefficient (Wildman–Crippen LogP) is 2.55. The van der Waals surface area contributed by atoms with Crippen molar-refractivity contribution in [1.82, 2.24) is 0 Å². The van der Waals surface area contributed by atoms with Crippen molar-refractivity contribution in [2.75, 3.05) is 0 Å². The van der Waals surface area contributed by atoms with Crippen molar-refractivity contribution >= 4 is 11.9 Å². The van der Waals surface area contributed by atoms with Gasteiger partial charge in [0.25, 0.3) is 0 Å². The molecule has 3 nitrogen and oxygen atoms in total. The Kier molecular flexibility index (Phi) is 3.29. The molecular formula is C11H19NO2. The first-order valence-corrected chi connectivity index (χ1v) is 5.33. The zero-order valence-electron chi connectivity index (χ0n) is 9.46. The highest BCUT2D eigenvalue weighted by Gasteiger charge is 2.38. The van der Waals surface area contributed by atoms with Crippen LogP contribution in [-0.2, 0) is 9.53 Å². The molecule has 0 aromatic rings. The van der Waals surface area contributed by atoms with Crippen molar-refractivity contribution in [3.05, 3.63) is 0 Å². The van der Waals surface area contributed by atoms with Crippen LogP contribution in [0.4, 0.5) is 0 Å². The van der Waals surface area contributed by atoms with Crippen LogP contribution in [0.2, 0.25) is 0 Å². The Labute approximate surface area is 85.6 Å². The quantitative estimate of drug-likeness (QED) is 0.650. The third-order valence-electron chi connectivity index (χ3n) is 2.57. The molecule has 1 heterocycles. The van der Waals surface area contributed by atoms with E-state index in [-0.39, 0.29) is 5.97 Å². The average Bonchev–Trinajstić information content (AvgIpc) is 2.37. The molecule has 0 amide bonds. The summed E-state index contributed by atoms with van der Waals surface area (Å²) in [7, 11) is 0. The van der Waals surface area contributed by atoms with E-state index in [1.165, 1.54) is 0 Å². The van der Waals surface area contributed by atoms with E-state index in [4.69, 9.17) is 4.74 Å². The van der Waals surface area contributed by atoms with E-state index >= 15 is 0 Å². The molecule has 1 aliphatic rings. The van der Waals surface area contributed by atoms with E-state index in [1.807, 2.05) is 0 Å². The Balaban J connectivity index is 2.74. The number of hydrogen-bond acceptors (Lipinski definition) is 3. The molecule has 3 heteroatoms. The van der Waals surface area contributed by atoms with Gasteiger partial charge in [0.15, 0.2) is 11.4 Å². The summed E-state index contributed by atoms with van der Waals surface area (Å²) in [4.78, 5) is 15.7. The fraction of sp³-hybridized carbons (Fsp3) is 0.818. The van der Waals surface area contributed by atoms with E-state index in [1.54, 1.807) is 13.8 Å². The highest BCUT2D eigenvalue weighted by atomic mass is 16.6. The van der Waals surface area contributed by atoms with Gasteiger partial charge in [-0.2, -0.15) is 0 Å². The average molecular weight is 197 g/mol. The standard InChI is InChI=1S/C11H19NO2/c1-5-7-8(6-2)9-12-11(3,4)10(13)14-9/h8H,5-7H2,1-4H3. The summed E-state index contributed by atoms with van der Waals surface area (Å²) in [5.74, 6) is 0.733. The monoisotopic (exact) mass is 197 g/mol. The lowest BCUT2D eigenvalue weighted by Gasteiger charge is -2.11. The van der Waals surface area contributed by atoms with Crippen molar-refractivity contribution in [3.63, 3.8) is 0 Å². The number of aliphatic imine (C=N–C) groups is 1. The second kappa shape index (κ2) is 4.11. The van der Waals surface area contributed by atoms with Crippen LogP contribution in [0.25, 0.3) is 0 Å². The van der Waals surface area contributed by atoms with Crippen molar-refractivity contribution < 1.29 is 9.53 Å². The van der Waals surface area contributed by atoms with Crippen molar-refractivity contribution in [1.29, 1.82) is 0 Å². The number of cyclic esters (lactones) is 1. The number of hydrogen-bond donors (Lipinski definition) is 0. The molecule has 1 unspecified atom stereocenters. The largest absolute Gasteiger partial charge is 0.410 e. The Morgan fingerprint density at radius 2 is 2.07 bits per heavy atom. The van der Waals surface area contributed by atoms with Crippen LogP contribution in [0.5, 0.6) is 0 Å². The maximum atomic E-state index is 11.4. The van der Waals surface area contributed by atoms with Gasteiger partial charge in [0.1, 0.15) is 0 Å². The molecule has 0 saturated carbocycles. The predicted molar refractivity (Wildman–Crippen MR) is 56.3 cm³/mol. The van der Waals surface area contributed by atoms with Gasteiger partial charge in [-0.3, -0.25) is 0 Å². The van der Waals surface area contributed by atoms with Gasteiger partial charge >= 0.3 is 5.97 Å². The van der Waals surface area contributed by atoms with Gasteiger partial charge in [-0.15, -0.1) is 0 Å². The first-order chi connectivity index (χ1) is 6.51. The molecule has 1 aliphatic heterocycles. The van der Waals surface area contributed by atoms with Crippen molar-refractivity contribution in [2.24, 2.45) is 10.9 Å². The number of nitrogens with zero attached hydrogens (tertiary/aromatic N) is 1. The summed E-state index contributed by atoms with van der Waals surface area (Å²) in [6, 6.07) is 0. The maximum absolute atomic E-state index is 11.4. The molecule has 0 radical (unpaired) electrons. The molecule has 1 rings (SSSR count). The van der Waals surface area contributed by atoms with Gasteiger partial charge in [0, 0.05) is 5.92 Å². The molecule has 0 aliphatic carbocycles. The maximum Gasteiger partial charge on any atom is 0.340 e. The molecule has 0 saturated heterocycles. The van der Waals surface area contributed by atoms with Crippen LogP contribution < -0.4 is 0 Å². The summed E-state index contributed by atoms with van der Waals surface area (Å²) in [6.07, 6.45) is 3.12. The van der Waals surface area contributed by atoms with E-state index in [0.29, 0.717) is 11.8 Å². The molecule has 0 spiro atoms. The molecule has 14 heavy (non-hydrogen) atoms. The number of ether oxygens (including phenoxy) is 1. The fourth-order valence-corrected chi connectivity index (χ4v) is 1.59. The summed E-state index contributed by atoms with van der Waals surface area (Å²) >= 11 is 0. The molecular weight excluding hydrogens is 178 g/mol. The second-order valence-corrected chi connectivity index (χ2v) is 4.29. The molecule has 0 aromatic heterocycles. The van der Waals surface area contributed by atoms with Crippen molar-refractivity contribution in [2.45, 2.75) is 52.5 Å². The molecule has 0 bridgehead atoms. The van der Waals surface area contributed by atoms with E-state index in [9.17, 15) is 4.79 Å². The molecule has 0 aromatic carbocycles. The highest BCUT2D eigenvalue weighted by Crippen LogP contribution is 2.25. The summed E-state index contributed by atoms with van der Waals surface area (Å²) in [5, 5.41) is 0. The first kappa shape index (κ1) is 11.2. The van der Waals surface area contributed by atoms with Crippen LogP contribution in [0.1, 0.15) is 47.0 Å². The van der Waals surface area contributed by atoms with E-state index in [0.717, 1.165) is 19.3 Å². The van der Waals surface area contributed by atoms with Crippen LogP contribution in [0, 0.1) is 5.92 Å². The number of carbonyl (C=O) groups excluding carboxylic acids is 1. The lowest BCUT2D eigenvalue weighted by atomic mass is 10.0. The Morgan fingerprint density at radius 3 is 2.43 bits per heavy atom. The third-order valence-corrected chi connectivity index (χ3v) is 2.57. The number of rotatable bonds is 4. The highest BCUT2D eigenvalue weighted by molar-refractivity contribution is 6.00. The van der Waals surface area contributed by atoms with Gasteiger partial charge in [0.2, 0.25) is 0 Å². The van der Waals surface area contributed by atoms with Gasteiger partial charge in [-0.05, 0) is 26.7 Å². The normalized spacial score (nSPS) is 21.7. The van der Waals surface area contributed by atoms with Crippen molar-refractivity contribution in [3.8, 4) is 0 Å². The molecule has 80 valence electrons.